The molecule has 1 aliphatic heterocycles. The molecule has 0 saturated carbocycles. The van der Waals surface area contributed by atoms with Gasteiger partial charge in [0.25, 0.3) is 0 Å². The monoisotopic (exact) mass is 234 g/mol. The van der Waals surface area contributed by atoms with Gasteiger partial charge in [-0.25, -0.2) is 4.79 Å². The van der Waals surface area contributed by atoms with Gasteiger partial charge >= 0.3 is 5.97 Å². The van der Waals surface area contributed by atoms with Crippen LogP contribution < -0.4 is 5.32 Å². The van der Waals surface area contributed by atoms with E-state index in [1.54, 1.807) is 19.1 Å². The summed E-state index contributed by atoms with van der Waals surface area (Å²) in [6, 6.07) is 0. The van der Waals surface area contributed by atoms with E-state index in [0.29, 0.717) is 17.9 Å². The van der Waals surface area contributed by atoms with Crippen LogP contribution in [0.1, 0.15) is 6.92 Å². The number of carbonyl (C=O) groups is 1. The van der Waals surface area contributed by atoms with Crippen molar-refractivity contribution in [2.24, 2.45) is 0 Å². The number of ether oxygens (including phenoxy) is 1. The van der Waals surface area contributed by atoms with Gasteiger partial charge in [-0.15, -0.1) is 0 Å². The zero-order valence-corrected chi connectivity index (χ0v) is 10.5. The predicted molar refractivity (Wildman–Crippen MR) is 67.9 cm³/mol. The first-order chi connectivity index (χ1) is 8.01. The topological polar surface area (TPSA) is 41.6 Å². The molecule has 0 spiro atoms. The van der Waals surface area contributed by atoms with E-state index >= 15 is 0 Å². The molecular formula is C13H18N2O2. The molecule has 0 unspecified atom stereocenters. The third kappa shape index (κ3) is 2.78. The van der Waals surface area contributed by atoms with Crippen LogP contribution in [0.15, 0.2) is 48.0 Å². The first-order valence-corrected chi connectivity index (χ1v) is 5.40. The molecule has 0 aliphatic carbocycles. The standard InChI is InChI=1S/C13H18N2O2/c1-6-10-8-11(13(16)17-7-2)9(3)14-12(10)15(4)5/h6,8,14H,1,3,7H2,2,4-5H3. The average Bonchev–Trinajstić information content (AvgIpc) is 2.28. The summed E-state index contributed by atoms with van der Waals surface area (Å²) in [6.07, 6.45) is 3.42. The molecule has 0 aromatic heterocycles. The lowest BCUT2D eigenvalue weighted by molar-refractivity contribution is -0.138. The smallest absolute Gasteiger partial charge is 0.340 e. The Morgan fingerprint density at radius 3 is 2.71 bits per heavy atom. The van der Waals surface area contributed by atoms with Crippen molar-refractivity contribution in [2.75, 3.05) is 20.7 Å². The normalized spacial score (nSPS) is 15.0. The molecule has 1 aliphatic rings. The van der Waals surface area contributed by atoms with Gasteiger partial charge in [-0.1, -0.05) is 19.2 Å². The lowest BCUT2D eigenvalue weighted by Gasteiger charge is -2.26. The Morgan fingerprint density at radius 2 is 2.24 bits per heavy atom. The second-order valence-corrected chi connectivity index (χ2v) is 3.78. The molecule has 0 bridgehead atoms. The van der Waals surface area contributed by atoms with Crippen LogP contribution in [0, 0.1) is 0 Å². The molecule has 0 radical (unpaired) electrons. The fraction of sp³-hybridized carbons (Fsp3) is 0.308. The lowest BCUT2D eigenvalue weighted by atomic mass is 10.0. The molecule has 0 atom stereocenters. The summed E-state index contributed by atoms with van der Waals surface area (Å²) in [5.41, 5.74) is 1.82. The third-order valence-corrected chi connectivity index (χ3v) is 2.33. The average molecular weight is 234 g/mol. The van der Waals surface area contributed by atoms with Crippen molar-refractivity contribution >= 4 is 5.97 Å². The molecule has 0 aromatic rings. The SMILES string of the molecule is C=CC1=C(N(C)C)NC(=C)C(C(=O)OCC)=C1. The van der Waals surface area contributed by atoms with Crippen LogP contribution in [0.4, 0.5) is 0 Å². The fourth-order valence-corrected chi connectivity index (χ4v) is 1.51. The van der Waals surface area contributed by atoms with Crippen molar-refractivity contribution in [1.82, 2.24) is 10.2 Å². The molecular weight excluding hydrogens is 216 g/mol. The first kappa shape index (κ1) is 13.1. The maximum atomic E-state index is 11.7. The van der Waals surface area contributed by atoms with Crippen molar-refractivity contribution in [3.63, 3.8) is 0 Å². The molecule has 0 amide bonds. The van der Waals surface area contributed by atoms with Crippen LogP contribution in [0.3, 0.4) is 0 Å². The predicted octanol–water partition coefficient (Wildman–Crippen LogP) is 1.55. The van der Waals surface area contributed by atoms with E-state index in [1.165, 1.54) is 0 Å². The number of hydrogen-bond donors (Lipinski definition) is 1. The summed E-state index contributed by atoms with van der Waals surface area (Å²) in [4.78, 5) is 13.6. The largest absolute Gasteiger partial charge is 0.462 e. The highest BCUT2D eigenvalue weighted by Gasteiger charge is 2.21. The van der Waals surface area contributed by atoms with Gasteiger partial charge in [0.15, 0.2) is 0 Å². The van der Waals surface area contributed by atoms with E-state index < -0.39 is 0 Å². The quantitative estimate of drug-likeness (QED) is 0.749. The van der Waals surface area contributed by atoms with Gasteiger partial charge in [-0.3, -0.25) is 0 Å². The summed E-state index contributed by atoms with van der Waals surface area (Å²) in [6.45, 7) is 9.67. The number of nitrogens with one attached hydrogen (secondary N) is 1. The fourth-order valence-electron chi connectivity index (χ4n) is 1.51. The van der Waals surface area contributed by atoms with E-state index in [4.69, 9.17) is 4.74 Å². The number of carbonyl (C=O) groups excluding carboxylic acids is 1. The molecule has 92 valence electrons. The van der Waals surface area contributed by atoms with E-state index in [-0.39, 0.29) is 5.97 Å². The Balaban J connectivity index is 3.12. The Morgan fingerprint density at radius 1 is 1.59 bits per heavy atom. The van der Waals surface area contributed by atoms with Crippen LogP contribution in [-0.2, 0) is 9.53 Å². The summed E-state index contributed by atoms with van der Waals surface area (Å²) in [5, 5.41) is 3.08. The van der Waals surface area contributed by atoms with Gasteiger partial charge in [-0.2, -0.15) is 0 Å². The number of esters is 1. The van der Waals surface area contributed by atoms with Crippen LogP contribution in [-0.4, -0.2) is 31.6 Å². The second kappa shape index (κ2) is 5.39. The number of dihydropyridines is 1. The van der Waals surface area contributed by atoms with E-state index in [0.717, 1.165) is 11.4 Å². The Labute approximate surface area is 102 Å². The molecule has 0 aromatic carbocycles. The first-order valence-electron chi connectivity index (χ1n) is 5.40. The number of hydrogen-bond acceptors (Lipinski definition) is 4. The maximum Gasteiger partial charge on any atom is 0.340 e. The highest BCUT2D eigenvalue weighted by molar-refractivity contribution is 5.94. The molecule has 0 saturated heterocycles. The van der Waals surface area contributed by atoms with Crippen molar-refractivity contribution < 1.29 is 9.53 Å². The zero-order valence-electron chi connectivity index (χ0n) is 10.5. The third-order valence-electron chi connectivity index (χ3n) is 2.33. The van der Waals surface area contributed by atoms with Crippen molar-refractivity contribution in [3.05, 3.63) is 48.0 Å². The second-order valence-electron chi connectivity index (χ2n) is 3.78. The van der Waals surface area contributed by atoms with Gasteiger partial charge in [0.05, 0.1) is 12.2 Å². The maximum absolute atomic E-state index is 11.7. The van der Waals surface area contributed by atoms with Crippen LogP contribution in [0.2, 0.25) is 0 Å². The molecule has 0 fully saturated rings. The lowest BCUT2D eigenvalue weighted by Crippen LogP contribution is -2.31. The molecule has 4 heteroatoms. The molecule has 1 N–H and O–H groups in total. The van der Waals surface area contributed by atoms with Gasteiger partial charge in [0.1, 0.15) is 5.82 Å². The van der Waals surface area contributed by atoms with Gasteiger partial charge in [0.2, 0.25) is 0 Å². The van der Waals surface area contributed by atoms with Crippen molar-refractivity contribution in [3.8, 4) is 0 Å². The van der Waals surface area contributed by atoms with Crippen molar-refractivity contribution in [1.29, 1.82) is 0 Å². The minimum absolute atomic E-state index is 0.344. The highest BCUT2D eigenvalue weighted by Crippen LogP contribution is 2.21. The van der Waals surface area contributed by atoms with Gasteiger partial charge in [0, 0.05) is 25.4 Å². The van der Waals surface area contributed by atoms with Gasteiger partial charge in [-0.05, 0) is 13.0 Å². The minimum atomic E-state index is -0.373. The summed E-state index contributed by atoms with van der Waals surface area (Å²) >= 11 is 0. The van der Waals surface area contributed by atoms with Crippen LogP contribution in [0.5, 0.6) is 0 Å². The number of nitrogens with zero attached hydrogens (tertiary/aromatic N) is 1. The molecule has 4 nitrogen and oxygen atoms in total. The van der Waals surface area contributed by atoms with E-state index in [2.05, 4.69) is 18.5 Å². The minimum Gasteiger partial charge on any atom is -0.462 e. The van der Waals surface area contributed by atoms with E-state index in [1.807, 2.05) is 19.0 Å². The number of allylic oxidation sites excluding steroid dienone is 3. The highest BCUT2D eigenvalue weighted by atomic mass is 16.5. The van der Waals surface area contributed by atoms with Crippen LogP contribution in [0.25, 0.3) is 0 Å². The van der Waals surface area contributed by atoms with Gasteiger partial charge < -0.3 is 15.0 Å². The molecule has 1 heterocycles. The Hall–Kier alpha value is -1.97. The van der Waals surface area contributed by atoms with Crippen LogP contribution >= 0.6 is 0 Å². The summed E-state index contributed by atoms with van der Waals surface area (Å²) in [5.74, 6) is 0.486. The summed E-state index contributed by atoms with van der Waals surface area (Å²) < 4.78 is 4.96. The van der Waals surface area contributed by atoms with Crippen molar-refractivity contribution in [2.45, 2.75) is 6.92 Å². The number of rotatable bonds is 4. The Kier molecular flexibility index (Phi) is 4.15. The molecule has 17 heavy (non-hydrogen) atoms. The van der Waals surface area contributed by atoms with E-state index in [9.17, 15) is 4.79 Å². The zero-order chi connectivity index (χ0) is 13.0. The Bertz CT molecular complexity index is 417. The summed E-state index contributed by atoms with van der Waals surface area (Å²) in [7, 11) is 3.81. The molecule has 1 rings (SSSR count).